The van der Waals surface area contributed by atoms with Gasteiger partial charge in [-0.15, -0.1) is 0 Å². The molecule has 1 saturated carbocycles. The molecule has 1 heterocycles. The number of nitrogens with zero attached hydrogens (tertiary/aromatic N) is 2. The third kappa shape index (κ3) is 3.63. The quantitative estimate of drug-likeness (QED) is 0.614. The number of hydrogen-bond donors (Lipinski definition) is 2. The van der Waals surface area contributed by atoms with E-state index in [2.05, 4.69) is 17.2 Å². The van der Waals surface area contributed by atoms with Crippen LogP contribution in [0.25, 0.3) is 0 Å². The zero-order chi connectivity index (χ0) is 15.4. The van der Waals surface area contributed by atoms with Gasteiger partial charge in [0.1, 0.15) is 0 Å². The number of rotatable bonds is 6. The third-order valence-corrected chi connectivity index (χ3v) is 4.79. The van der Waals surface area contributed by atoms with E-state index in [1.807, 2.05) is 11.8 Å². The zero-order valence-corrected chi connectivity index (χ0v) is 12.4. The first kappa shape index (κ1) is 15.6. The molecule has 2 unspecified atom stereocenters. The average molecular weight is 311 g/mol. The maximum absolute atomic E-state index is 11.1. The summed E-state index contributed by atoms with van der Waals surface area (Å²) in [6.07, 6.45) is 4.25. The van der Waals surface area contributed by atoms with Crippen molar-refractivity contribution in [2.24, 2.45) is 0 Å². The molecular weight excluding hydrogens is 294 g/mol. The van der Waals surface area contributed by atoms with Crippen LogP contribution in [0.3, 0.4) is 0 Å². The molecule has 0 aromatic carbocycles. The number of thioether (sulfide) groups is 1. The van der Waals surface area contributed by atoms with E-state index in [-0.39, 0.29) is 23.1 Å². The molecule has 21 heavy (non-hydrogen) atoms. The summed E-state index contributed by atoms with van der Waals surface area (Å²) in [6, 6.07) is 1.19. The lowest BCUT2D eigenvalue weighted by Crippen LogP contribution is -2.27. The van der Waals surface area contributed by atoms with Crippen LogP contribution in [0.1, 0.15) is 36.5 Å². The molecule has 7 nitrogen and oxygen atoms in total. The first-order valence-corrected chi connectivity index (χ1v) is 7.83. The number of carboxylic acids is 1. The lowest BCUT2D eigenvalue weighted by molar-refractivity contribution is -0.384. The van der Waals surface area contributed by atoms with Crippen LogP contribution >= 0.6 is 11.8 Å². The van der Waals surface area contributed by atoms with Crippen molar-refractivity contribution < 1.29 is 14.8 Å². The number of hydrogen-bond acceptors (Lipinski definition) is 6. The summed E-state index contributed by atoms with van der Waals surface area (Å²) in [7, 11) is 0. The SMILES string of the molecule is CCSC1CCCC1Nc1ncc(C(=O)O)cc1[N+](=O)[O-]. The van der Waals surface area contributed by atoms with E-state index in [1.165, 1.54) is 0 Å². The number of pyridine rings is 1. The van der Waals surface area contributed by atoms with E-state index in [0.717, 1.165) is 37.3 Å². The molecular formula is C13H17N3O4S. The molecule has 114 valence electrons. The Morgan fingerprint density at radius 1 is 1.62 bits per heavy atom. The Labute approximate surface area is 126 Å². The van der Waals surface area contributed by atoms with Gasteiger partial charge in [0, 0.05) is 23.6 Å². The molecule has 2 N–H and O–H groups in total. The number of nitrogens with one attached hydrogen (secondary N) is 1. The highest BCUT2D eigenvalue weighted by atomic mass is 32.2. The molecule has 1 fully saturated rings. The fourth-order valence-electron chi connectivity index (χ4n) is 2.50. The van der Waals surface area contributed by atoms with Gasteiger partial charge in [-0.3, -0.25) is 10.1 Å². The number of nitro groups is 1. The number of aromatic nitrogens is 1. The Morgan fingerprint density at radius 2 is 2.38 bits per heavy atom. The Balaban J connectivity index is 2.23. The highest BCUT2D eigenvalue weighted by Gasteiger charge is 2.29. The molecule has 0 bridgehead atoms. The Hall–Kier alpha value is -1.83. The van der Waals surface area contributed by atoms with Gasteiger partial charge < -0.3 is 10.4 Å². The molecule has 2 rings (SSSR count). The monoisotopic (exact) mass is 311 g/mol. The molecule has 0 saturated heterocycles. The van der Waals surface area contributed by atoms with Gasteiger partial charge in [-0.1, -0.05) is 13.3 Å². The number of aromatic carboxylic acids is 1. The molecule has 2 atom stereocenters. The Morgan fingerprint density at radius 3 is 3.00 bits per heavy atom. The Kier molecular flexibility index (Phi) is 5.00. The van der Waals surface area contributed by atoms with E-state index in [1.54, 1.807) is 0 Å². The first-order chi connectivity index (χ1) is 10.0. The van der Waals surface area contributed by atoms with Gasteiger partial charge in [-0.05, 0) is 18.6 Å². The van der Waals surface area contributed by atoms with Crippen LogP contribution in [0, 0.1) is 10.1 Å². The first-order valence-electron chi connectivity index (χ1n) is 6.78. The second-order valence-corrected chi connectivity index (χ2v) is 6.35. The topological polar surface area (TPSA) is 105 Å². The maximum atomic E-state index is 11.1. The van der Waals surface area contributed by atoms with Crippen LogP contribution < -0.4 is 5.32 Å². The third-order valence-electron chi connectivity index (χ3n) is 3.47. The van der Waals surface area contributed by atoms with Crippen molar-refractivity contribution in [2.45, 2.75) is 37.5 Å². The van der Waals surface area contributed by atoms with Gasteiger partial charge in [-0.2, -0.15) is 11.8 Å². The summed E-state index contributed by atoms with van der Waals surface area (Å²) < 4.78 is 0. The molecule has 0 radical (unpaired) electrons. The van der Waals surface area contributed by atoms with Gasteiger partial charge >= 0.3 is 11.7 Å². The van der Waals surface area contributed by atoms with Crippen LogP contribution in [-0.2, 0) is 0 Å². The lowest BCUT2D eigenvalue weighted by Gasteiger charge is -2.20. The minimum Gasteiger partial charge on any atom is -0.478 e. The Bertz CT molecular complexity index is 552. The van der Waals surface area contributed by atoms with E-state index in [0.29, 0.717) is 5.25 Å². The summed E-state index contributed by atoms with van der Waals surface area (Å²) in [5.74, 6) is -0.0768. The van der Waals surface area contributed by atoms with Crippen LogP contribution in [-0.4, -0.2) is 38.0 Å². The summed E-state index contributed by atoms with van der Waals surface area (Å²) in [5.41, 5.74) is -0.472. The zero-order valence-electron chi connectivity index (χ0n) is 11.6. The molecule has 1 aromatic heterocycles. The molecule has 1 aromatic rings. The molecule has 1 aliphatic carbocycles. The average Bonchev–Trinajstić information content (AvgIpc) is 2.86. The van der Waals surface area contributed by atoms with Crippen LogP contribution in [0.15, 0.2) is 12.3 Å². The van der Waals surface area contributed by atoms with E-state index in [4.69, 9.17) is 5.11 Å². The standard InChI is InChI=1S/C13H17N3O4S/c1-2-21-11-5-3-4-9(11)15-12-10(16(19)20)6-8(7-14-12)13(17)18/h6-7,9,11H,2-5H2,1H3,(H,14,15)(H,17,18). The summed E-state index contributed by atoms with van der Waals surface area (Å²) in [6.45, 7) is 2.09. The van der Waals surface area contributed by atoms with Crippen molar-refractivity contribution >= 4 is 29.2 Å². The van der Waals surface area contributed by atoms with Gasteiger partial charge in [-0.25, -0.2) is 9.78 Å². The maximum Gasteiger partial charge on any atom is 0.337 e. The van der Waals surface area contributed by atoms with Crippen molar-refractivity contribution in [1.82, 2.24) is 4.98 Å². The van der Waals surface area contributed by atoms with Crippen LogP contribution in [0.2, 0.25) is 0 Å². The molecule has 0 amide bonds. The largest absolute Gasteiger partial charge is 0.478 e. The van der Waals surface area contributed by atoms with Crippen molar-refractivity contribution in [2.75, 3.05) is 11.1 Å². The van der Waals surface area contributed by atoms with Crippen molar-refractivity contribution in [3.05, 3.63) is 27.9 Å². The van der Waals surface area contributed by atoms with Crippen LogP contribution in [0.5, 0.6) is 0 Å². The normalized spacial score (nSPS) is 21.2. The van der Waals surface area contributed by atoms with Gasteiger partial charge in [0.2, 0.25) is 5.82 Å². The van der Waals surface area contributed by atoms with Crippen molar-refractivity contribution in [3.8, 4) is 0 Å². The van der Waals surface area contributed by atoms with Gasteiger partial charge in [0.15, 0.2) is 0 Å². The summed E-state index contributed by atoms with van der Waals surface area (Å²) in [4.78, 5) is 25.3. The smallest absolute Gasteiger partial charge is 0.337 e. The van der Waals surface area contributed by atoms with E-state index < -0.39 is 10.9 Å². The molecule has 1 aliphatic rings. The highest BCUT2D eigenvalue weighted by molar-refractivity contribution is 7.99. The summed E-state index contributed by atoms with van der Waals surface area (Å²) >= 11 is 1.83. The fraction of sp³-hybridized carbons (Fsp3) is 0.538. The minimum absolute atomic E-state index is 0.136. The predicted octanol–water partition coefficient (Wildman–Crippen LogP) is 2.77. The number of carbonyl (C=O) groups is 1. The molecule has 0 aliphatic heterocycles. The van der Waals surface area contributed by atoms with Crippen molar-refractivity contribution in [1.29, 1.82) is 0 Å². The number of anilines is 1. The molecule has 8 heteroatoms. The fourth-order valence-corrected chi connectivity index (χ4v) is 3.70. The summed E-state index contributed by atoms with van der Waals surface area (Å²) in [5, 5.41) is 23.5. The van der Waals surface area contributed by atoms with Gasteiger partial charge in [0.25, 0.3) is 0 Å². The second kappa shape index (κ2) is 6.75. The highest BCUT2D eigenvalue weighted by Crippen LogP contribution is 2.33. The minimum atomic E-state index is -1.22. The predicted molar refractivity (Wildman–Crippen MR) is 81.0 cm³/mol. The van der Waals surface area contributed by atoms with E-state index in [9.17, 15) is 14.9 Å². The van der Waals surface area contributed by atoms with E-state index >= 15 is 0 Å². The van der Waals surface area contributed by atoms with Crippen molar-refractivity contribution in [3.63, 3.8) is 0 Å². The molecule has 0 spiro atoms. The van der Waals surface area contributed by atoms with Gasteiger partial charge in [0.05, 0.1) is 10.5 Å². The lowest BCUT2D eigenvalue weighted by atomic mass is 10.2. The second-order valence-electron chi connectivity index (χ2n) is 4.83. The van der Waals surface area contributed by atoms with Crippen LogP contribution in [0.4, 0.5) is 11.5 Å². The number of carboxylic acid groups (broad SMARTS) is 1.